The van der Waals surface area contributed by atoms with E-state index in [1.165, 1.54) is 6.07 Å². The molecule has 0 heterocycles. The number of phenolic OH excluding ortho intramolecular Hbond substituents is 1. The van der Waals surface area contributed by atoms with Crippen molar-refractivity contribution in [2.45, 2.75) is 19.9 Å². The van der Waals surface area contributed by atoms with Crippen molar-refractivity contribution in [2.75, 3.05) is 0 Å². The molecule has 0 aromatic heterocycles. The van der Waals surface area contributed by atoms with E-state index >= 15 is 0 Å². The number of rotatable bonds is 2. The zero-order valence-electron chi connectivity index (χ0n) is 8.36. The lowest BCUT2D eigenvalue weighted by Gasteiger charge is -2.17. The van der Waals surface area contributed by atoms with Gasteiger partial charge in [-0.25, -0.2) is 0 Å². The van der Waals surface area contributed by atoms with Gasteiger partial charge in [-0.3, -0.25) is 0 Å². The van der Waals surface area contributed by atoms with Crippen LogP contribution in [-0.2, 0) is 0 Å². The standard InChI is InChI=1S/C11H14N2O/c1-7(2)11(13)9-5-8(6-12)3-4-10(9)14/h3-5,7,11,14H,13H2,1-2H3. The molecule has 0 fully saturated rings. The maximum absolute atomic E-state index is 9.56. The van der Waals surface area contributed by atoms with Gasteiger partial charge in [0, 0.05) is 11.6 Å². The van der Waals surface area contributed by atoms with Crippen LogP contribution in [0.2, 0.25) is 0 Å². The molecule has 1 rings (SSSR count). The quantitative estimate of drug-likeness (QED) is 0.748. The van der Waals surface area contributed by atoms with Crippen LogP contribution in [0.5, 0.6) is 5.75 Å². The van der Waals surface area contributed by atoms with E-state index < -0.39 is 0 Å². The average Bonchev–Trinajstić information content (AvgIpc) is 2.17. The van der Waals surface area contributed by atoms with E-state index in [9.17, 15) is 5.11 Å². The third-order valence-corrected chi connectivity index (χ3v) is 2.23. The molecule has 1 aromatic carbocycles. The maximum atomic E-state index is 9.56. The van der Waals surface area contributed by atoms with Gasteiger partial charge in [-0.05, 0) is 24.1 Å². The minimum atomic E-state index is -0.233. The highest BCUT2D eigenvalue weighted by molar-refractivity contribution is 5.42. The lowest BCUT2D eigenvalue weighted by molar-refractivity contribution is 0.440. The molecule has 3 N–H and O–H groups in total. The molecule has 0 aliphatic rings. The van der Waals surface area contributed by atoms with Crippen LogP contribution in [0.15, 0.2) is 18.2 Å². The van der Waals surface area contributed by atoms with Crippen LogP contribution in [0.25, 0.3) is 0 Å². The van der Waals surface area contributed by atoms with Crippen molar-refractivity contribution in [3.8, 4) is 11.8 Å². The Balaban J connectivity index is 3.13. The van der Waals surface area contributed by atoms with Gasteiger partial charge in [-0.2, -0.15) is 5.26 Å². The predicted octanol–water partition coefficient (Wildman–Crippen LogP) is 1.92. The lowest BCUT2D eigenvalue weighted by Crippen LogP contribution is -2.16. The molecule has 0 saturated carbocycles. The van der Waals surface area contributed by atoms with Crippen LogP contribution in [0.1, 0.15) is 31.0 Å². The second-order valence-electron chi connectivity index (χ2n) is 3.66. The Hall–Kier alpha value is -1.53. The van der Waals surface area contributed by atoms with Gasteiger partial charge in [-0.15, -0.1) is 0 Å². The van der Waals surface area contributed by atoms with Crippen molar-refractivity contribution in [3.05, 3.63) is 29.3 Å². The molecule has 1 atom stereocenters. The molecule has 14 heavy (non-hydrogen) atoms. The van der Waals surface area contributed by atoms with Gasteiger partial charge in [0.1, 0.15) is 5.75 Å². The van der Waals surface area contributed by atoms with Crippen molar-refractivity contribution >= 4 is 0 Å². The summed E-state index contributed by atoms with van der Waals surface area (Å²) in [7, 11) is 0. The molecule has 0 spiro atoms. The first-order chi connectivity index (χ1) is 6.56. The fourth-order valence-corrected chi connectivity index (χ4v) is 1.25. The molecule has 0 aliphatic heterocycles. The fraction of sp³-hybridized carbons (Fsp3) is 0.364. The molecule has 3 nitrogen and oxygen atoms in total. The summed E-state index contributed by atoms with van der Waals surface area (Å²) in [4.78, 5) is 0. The van der Waals surface area contributed by atoms with Crippen molar-refractivity contribution < 1.29 is 5.11 Å². The van der Waals surface area contributed by atoms with Crippen LogP contribution >= 0.6 is 0 Å². The summed E-state index contributed by atoms with van der Waals surface area (Å²) in [6.07, 6.45) is 0. The molecule has 0 saturated heterocycles. The number of nitriles is 1. The summed E-state index contributed by atoms with van der Waals surface area (Å²) in [5.74, 6) is 0.389. The highest BCUT2D eigenvalue weighted by Crippen LogP contribution is 2.27. The largest absolute Gasteiger partial charge is 0.508 e. The Labute approximate surface area is 83.8 Å². The van der Waals surface area contributed by atoms with E-state index in [1.807, 2.05) is 19.9 Å². The molecule has 0 aliphatic carbocycles. The lowest BCUT2D eigenvalue weighted by atomic mass is 9.95. The summed E-state index contributed by atoms with van der Waals surface area (Å²) in [6, 6.07) is 6.51. The van der Waals surface area contributed by atoms with Crippen molar-refractivity contribution in [3.63, 3.8) is 0 Å². The molecular weight excluding hydrogens is 176 g/mol. The van der Waals surface area contributed by atoms with E-state index in [-0.39, 0.29) is 17.7 Å². The number of aromatic hydroxyl groups is 1. The van der Waals surface area contributed by atoms with E-state index in [1.54, 1.807) is 12.1 Å². The predicted molar refractivity (Wildman–Crippen MR) is 54.6 cm³/mol. The summed E-state index contributed by atoms with van der Waals surface area (Å²) < 4.78 is 0. The Bertz CT molecular complexity index is 366. The number of nitrogens with zero attached hydrogens (tertiary/aromatic N) is 1. The van der Waals surface area contributed by atoms with Gasteiger partial charge >= 0.3 is 0 Å². The molecule has 0 amide bonds. The number of benzene rings is 1. The second-order valence-corrected chi connectivity index (χ2v) is 3.66. The summed E-state index contributed by atoms with van der Waals surface area (Å²) in [5, 5.41) is 18.3. The van der Waals surface area contributed by atoms with Crippen LogP contribution in [-0.4, -0.2) is 5.11 Å². The number of nitrogens with two attached hydrogens (primary N) is 1. The SMILES string of the molecule is CC(C)C(N)c1cc(C#N)ccc1O. The van der Waals surface area contributed by atoms with Gasteiger partial charge in [-0.1, -0.05) is 13.8 Å². The molecule has 74 valence electrons. The van der Waals surface area contributed by atoms with Crippen LogP contribution in [0.4, 0.5) is 0 Å². The number of hydrogen-bond acceptors (Lipinski definition) is 3. The van der Waals surface area contributed by atoms with Gasteiger partial charge < -0.3 is 10.8 Å². The monoisotopic (exact) mass is 190 g/mol. The molecule has 0 bridgehead atoms. The first kappa shape index (κ1) is 10.6. The Morgan fingerprint density at radius 1 is 1.43 bits per heavy atom. The van der Waals surface area contributed by atoms with E-state index in [0.29, 0.717) is 11.1 Å². The number of hydrogen-bond donors (Lipinski definition) is 2. The Morgan fingerprint density at radius 3 is 2.57 bits per heavy atom. The normalized spacial score (nSPS) is 12.5. The number of phenols is 1. The van der Waals surface area contributed by atoms with Gasteiger partial charge in [0.2, 0.25) is 0 Å². The highest BCUT2D eigenvalue weighted by Gasteiger charge is 2.14. The topological polar surface area (TPSA) is 70.0 Å². The third-order valence-electron chi connectivity index (χ3n) is 2.23. The molecular formula is C11H14N2O. The van der Waals surface area contributed by atoms with Crippen LogP contribution in [0, 0.1) is 17.2 Å². The van der Waals surface area contributed by atoms with Gasteiger partial charge in [0.05, 0.1) is 11.6 Å². The van der Waals surface area contributed by atoms with Crippen LogP contribution in [0.3, 0.4) is 0 Å². The van der Waals surface area contributed by atoms with Gasteiger partial charge in [0.25, 0.3) is 0 Å². The third kappa shape index (κ3) is 2.04. The molecule has 0 radical (unpaired) electrons. The molecule has 1 unspecified atom stereocenters. The maximum Gasteiger partial charge on any atom is 0.120 e. The molecule has 3 heteroatoms. The fourth-order valence-electron chi connectivity index (χ4n) is 1.25. The highest BCUT2D eigenvalue weighted by atomic mass is 16.3. The Kier molecular flexibility index (Phi) is 3.10. The second kappa shape index (κ2) is 4.12. The van der Waals surface area contributed by atoms with Crippen molar-refractivity contribution in [1.82, 2.24) is 0 Å². The van der Waals surface area contributed by atoms with Crippen molar-refractivity contribution in [2.24, 2.45) is 11.7 Å². The summed E-state index contributed by atoms with van der Waals surface area (Å²) in [5.41, 5.74) is 7.05. The van der Waals surface area contributed by atoms with E-state index in [4.69, 9.17) is 11.0 Å². The Morgan fingerprint density at radius 2 is 2.07 bits per heavy atom. The van der Waals surface area contributed by atoms with E-state index in [0.717, 1.165) is 0 Å². The van der Waals surface area contributed by atoms with Gasteiger partial charge in [0.15, 0.2) is 0 Å². The zero-order valence-corrected chi connectivity index (χ0v) is 8.36. The minimum Gasteiger partial charge on any atom is -0.508 e. The van der Waals surface area contributed by atoms with Crippen LogP contribution < -0.4 is 5.73 Å². The summed E-state index contributed by atoms with van der Waals surface area (Å²) in [6.45, 7) is 3.95. The minimum absolute atomic E-state index is 0.158. The molecule has 1 aromatic rings. The zero-order chi connectivity index (χ0) is 10.7. The van der Waals surface area contributed by atoms with E-state index in [2.05, 4.69) is 0 Å². The summed E-state index contributed by atoms with van der Waals surface area (Å²) >= 11 is 0. The average molecular weight is 190 g/mol. The first-order valence-corrected chi connectivity index (χ1v) is 4.55. The smallest absolute Gasteiger partial charge is 0.120 e. The van der Waals surface area contributed by atoms with Crippen molar-refractivity contribution in [1.29, 1.82) is 5.26 Å². The first-order valence-electron chi connectivity index (χ1n) is 4.55.